The summed E-state index contributed by atoms with van der Waals surface area (Å²) in [7, 11) is 0. The molecule has 1 N–H and O–H groups in total. The molecule has 0 spiro atoms. The molecule has 3 rings (SSSR count). The molecule has 6 heteroatoms. The van der Waals surface area contributed by atoms with Crippen LogP contribution in [-0.4, -0.2) is 46.8 Å². The van der Waals surface area contributed by atoms with Gasteiger partial charge >= 0.3 is 0 Å². The Balaban J connectivity index is 0.00000176. The highest BCUT2D eigenvalue weighted by atomic mass is 35.5. The maximum atomic E-state index is 12.7. The standard InChI is InChI=1S/C16H20N4O.ClH/c1-13-15(16(21)19-10-5-8-17-9-11-19)12-18-20(13)14-6-3-2-4-7-14;/h2-4,6-7,12,17H,5,8-11H2,1H3;1H. The van der Waals surface area contributed by atoms with Gasteiger partial charge < -0.3 is 10.2 Å². The van der Waals surface area contributed by atoms with Crippen molar-refractivity contribution in [2.45, 2.75) is 13.3 Å². The van der Waals surface area contributed by atoms with Crippen LogP contribution in [0.4, 0.5) is 0 Å². The van der Waals surface area contributed by atoms with Gasteiger partial charge in [0.1, 0.15) is 0 Å². The van der Waals surface area contributed by atoms with Gasteiger partial charge in [0.15, 0.2) is 0 Å². The first-order chi connectivity index (χ1) is 10.3. The fourth-order valence-corrected chi connectivity index (χ4v) is 2.67. The van der Waals surface area contributed by atoms with Crippen LogP contribution in [0.1, 0.15) is 22.5 Å². The number of halogens is 1. The summed E-state index contributed by atoms with van der Waals surface area (Å²) in [5.41, 5.74) is 2.57. The second-order valence-corrected chi connectivity index (χ2v) is 5.29. The van der Waals surface area contributed by atoms with E-state index in [0.29, 0.717) is 5.56 Å². The highest BCUT2D eigenvalue weighted by Crippen LogP contribution is 2.16. The van der Waals surface area contributed by atoms with E-state index in [-0.39, 0.29) is 18.3 Å². The fourth-order valence-electron chi connectivity index (χ4n) is 2.67. The number of rotatable bonds is 2. The Morgan fingerprint density at radius 1 is 1.18 bits per heavy atom. The van der Waals surface area contributed by atoms with E-state index in [2.05, 4.69) is 10.4 Å². The normalized spacial score (nSPS) is 15.0. The minimum Gasteiger partial charge on any atom is -0.337 e. The molecule has 0 aliphatic carbocycles. The van der Waals surface area contributed by atoms with E-state index >= 15 is 0 Å². The number of amides is 1. The summed E-state index contributed by atoms with van der Waals surface area (Å²) >= 11 is 0. The summed E-state index contributed by atoms with van der Waals surface area (Å²) in [6.45, 7) is 5.35. The van der Waals surface area contributed by atoms with E-state index in [1.165, 1.54) is 0 Å². The number of carbonyl (C=O) groups excluding carboxylic acids is 1. The van der Waals surface area contributed by atoms with Gasteiger partial charge in [-0.25, -0.2) is 4.68 Å². The lowest BCUT2D eigenvalue weighted by Gasteiger charge is -2.19. The number of para-hydroxylation sites is 1. The third-order valence-corrected chi connectivity index (χ3v) is 3.87. The van der Waals surface area contributed by atoms with Crippen molar-refractivity contribution in [3.05, 3.63) is 47.8 Å². The average molecular weight is 321 g/mol. The molecule has 1 aliphatic rings. The van der Waals surface area contributed by atoms with Crippen molar-refractivity contribution in [2.24, 2.45) is 0 Å². The highest BCUT2D eigenvalue weighted by Gasteiger charge is 2.21. The maximum Gasteiger partial charge on any atom is 0.257 e. The van der Waals surface area contributed by atoms with Crippen LogP contribution < -0.4 is 5.32 Å². The Bertz CT molecular complexity index is 618. The number of aromatic nitrogens is 2. The Morgan fingerprint density at radius 3 is 2.73 bits per heavy atom. The van der Waals surface area contributed by atoms with Crippen LogP contribution in [-0.2, 0) is 0 Å². The minimum absolute atomic E-state index is 0. The molecule has 2 aromatic rings. The van der Waals surface area contributed by atoms with Gasteiger partial charge in [-0.05, 0) is 32.0 Å². The van der Waals surface area contributed by atoms with Crippen molar-refractivity contribution in [3.63, 3.8) is 0 Å². The van der Waals surface area contributed by atoms with Crippen molar-refractivity contribution < 1.29 is 4.79 Å². The fraction of sp³-hybridized carbons (Fsp3) is 0.375. The van der Waals surface area contributed by atoms with Crippen LogP contribution in [0.3, 0.4) is 0 Å². The lowest BCUT2D eigenvalue weighted by Crippen LogP contribution is -2.34. The highest BCUT2D eigenvalue weighted by molar-refractivity contribution is 5.95. The number of carbonyl (C=O) groups is 1. The zero-order valence-electron chi connectivity index (χ0n) is 12.7. The SMILES string of the molecule is Cc1c(C(=O)N2CCCNCC2)cnn1-c1ccccc1.Cl. The maximum absolute atomic E-state index is 12.7. The summed E-state index contributed by atoms with van der Waals surface area (Å²) < 4.78 is 1.82. The van der Waals surface area contributed by atoms with E-state index in [0.717, 1.165) is 44.0 Å². The van der Waals surface area contributed by atoms with Crippen LogP contribution in [0.2, 0.25) is 0 Å². The Morgan fingerprint density at radius 2 is 1.95 bits per heavy atom. The molecule has 1 saturated heterocycles. The molecule has 5 nitrogen and oxygen atoms in total. The second-order valence-electron chi connectivity index (χ2n) is 5.29. The van der Waals surface area contributed by atoms with Crippen molar-refractivity contribution in [1.29, 1.82) is 0 Å². The van der Waals surface area contributed by atoms with Gasteiger partial charge in [-0.15, -0.1) is 12.4 Å². The third kappa shape index (κ3) is 3.31. The number of hydrogen-bond acceptors (Lipinski definition) is 3. The molecule has 118 valence electrons. The molecule has 0 radical (unpaired) electrons. The van der Waals surface area contributed by atoms with Crippen LogP contribution in [0.5, 0.6) is 0 Å². The van der Waals surface area contributed by atoms with Gasteiger partial charge in [-0.3, -0.25) is 4.79 Å². The lowest BCUT2D eigenvalue weighted by atomic mass is 10.2. The van der Waals surface area contributed by atoms with Crippen molar-refractivity contribution in [1.82, 2.24) is 20.0 Å². The summed E-state index contributed by atoms with van der Waals surface area (Å²) in [5.74, 6) is 0.0818. The minimum atomic E-state index is 0. The molecule has 2 heterocycles. The molecular formula is C16H21ClN4O. The van der Waals surface area contributed by atoms with Gasteiger partial charge in [-0.2, -0.15) is 5.10 Å². The molecule has 1 aromatic heterocycles. The quantitative estimate of drug-likeness (QED) is 0.921. The van der Waals surface area contributed by atoms with Crippen molar-refractivity contribution in [2.75, 3.05) is 26.2 Å². The van der Waals surface area contributed by atoms with E-state index < -0.39 is 0 Å². The zero-order valence-corrected chi connectivity index (χ0v) is 13.5. The number of nitrogens with one attached hydrogen (secondary N) is 1. The molecule has 1 aromatic carbocycles. The number of benzene rings is 1. The van der Waals surface area contributed by atoms with E-state index in [1.54, 1.807) is 6.20 Å². The first kappa shape index (κ1) is 16.5. The Hall–Kier alpha value is -1.85. The van der Waals surface area contributed by atoms with E-state index in [1.807, 2.05) is 46.8 Å². The number of hydrogen-bond donors (Lipinski definition) is 1. The monoisotopic (exact) mass is 320 g/mol. The zero-order chi connectivity index (χ0) is 14.7. The summed E-state index contributed by atoms with van der Waals surface area (Å²) in [6.07, 6.45) is 2.68. The van der Waals surface area contributed by atoms with Gasteiger partial charge in [-0.1, -0.05) is 18.2 Å². The smallest absolute Gasteiger partial charge is 0.257 e. The van der Waals surface area contributed by atoms with Crippen molar-refractivity contribution in [3.8, 4) is 5.69 Å². The first-order valence-electron chi connectivity index (χ1n) is 7.37. The Kier molecular flexibility index (Phi) is 5.57. The molecule has 0 unspecified atom stereocenters. The van der Waals surface area contributed by atoms with E-state index in [4.69, 9.17) is 0 Å². The predicted molar refractivity (Wildman–Crippen MR) is 88.9 cm³/mol. The van der Waals surface area contributed by atoms with Crippen LogP contribution in [0, 0.1) is 6.92 Å². The number of nitrogens with zero attached hydrogens (tertiary/aromatic N) is 3. The van der Waals surface area contributed by atoms with E-state index in [9.17, 15) is 4.79 Å². The lowest BCUT2D eigenvalue weighted by molar-refractivity contribution is 0.0765. The van der Waals surface area contributed by atoms with Crippen LogP contribution in [0.15, 0.2) is 36.5 Å². The summed E-state index contributed by atoms with van der Waals surface area (Å²) in [6, 6.07) is 9.89. The van der Waals surface area contributed by atoms with Crippen LogP contribution >= 0.6 is 12.4 Å². The molecule has 22 heavy (non-hydrogen) atoms. The van der Waals surface area contributed by atoms with Crippen LogP contribution in [0.25, 0.3) is 5.69 Å². The molecule has 1 amide bonds. The topological polar surface area (TPSA) is 50.2 Å². The molecule has 1 aliphatic heterocycles. The Labute approximate surface area is 136 Å². The summed E-state index contributed by atoms with van der Waals surface area (Å²) in [5, 5.41) is 7.69. The molecule has 0 bridgehead atoms. The van der Waals surface area contributed by atoms with Crippen molar-refractivity contribution >= 4 is 18.3 Å². The second kappa shape index (κ2) is 7.42. The largest absolute Gasteiger partial charge is 0.337 e. The molecule has 0 atom stereocenters. The third-order valence-electron chi connectivity index (χ3n) is 3.87. The average Bonchev–Trinajstić information content (AvgIpc) is 2.74. The van der Waals surface area contributed by atoms with Gasteiger partial charge in [0.25, 0.3) is 5.91 Å². The van der Waals surface area contributed by atoms with Gasteiger partial charge in [0.2, 0.25) is 0 Å². The summed E-state index contributed by atoms with van der Waals surface area (Å²) in [4.78, 5) is 14.6. The van der Waals surface area contributed by atoms with Gasteiger partial charge in [0.05, 0.1) is 23.1 Å². The first-order valence-corrected chi connectivity index (χ1v) is 7.37. The molecule has 1 fully saturated rings. The molecule has 0 saturated carbocycles. The predicted octanol–water partition coefficient (Wildman–Crippen LogP) is 2.04. The molecular weight excluding hydrogens is 300 g/mol. The van der Waals surface area contributed by atoms with Gasteiger partial charge in [0, 0.05) is 19.6 Å².